The van der Waals surface area contributed by atoms with Crippen molar-refractivity contribution in [3.05, 3.63) is 29.8 Å². The Morgan fingerprint density at radius 3 is 2.56 bits per heavy atom. The third kappa shape index (κ3) is 2.53. The summed E-state index contributed by atoms with van der Waals surface area (Å²) in [5.41, 5.74) is 0.577. The van der Waals surface area contributed by atoms with Crippen molar-refractivity contribution in [2.45, 2.75) is 37.9 Å². The Morgan fingerprint density at radius 1 is 1.19 bits per heavy atom. The van der Waals surface area contributed by atoms with E-state index in [1.165, 1.54) is 0 Å². The molecule has 0 saturated heterocycles. The molecular weight excluding hydrogens is 202 g/mol. The van der Waals surface area contributed by atoms with Gasteiger partial charge in [-0.2, -0.15) is 5.26 Å². The zero-order valence-electron chi connectivity index (χ0n) is 9.10. The predicted molar refractivity (Wildman–Crippen MR) is 60.0 cm³/mol. The maximum absolute atomic E-state index is 9.39. The lowest BCUT2D eigenvalue weighted by molar-refractivity contribution is 0.0664. The van der Waals surface area contributed by atoms with Gasteiger partial charge in [-0.05, 0) is 37.8 Å². The molecule has 1 aromatic carbocycles. The van der Waals surface area contributed by atoms with Crippen LogP contribution in [0.5, 0.6) is 5.75 Å². The second kappa shape index (κ2) is 5.00. The smallest absolute Gasteiger partial charge is 0.137 e. The molecule has 0 aliphatic heterocycles. The Balaban J connectivity index is 2.01. The van der Waals surface area contributed by atoms with E-state index >= 15 is 0 Å². The van der Waals surface area contributed by atoms with Crippen LogP contribution in [0.15, 0.2) is 24.3 Å². The molecule has 1 saturated carbocycles. The summed E-state index contributed by atoms with van der Waals surface area (Å²) in [6, 6.07) is 9.40. The van der Waals surface area contributed by atoms with Crippen LogP contribution in [-0.2, 0) is 0 Å². The van der Waals surface area contributed by atoms with Gasteiger partial charge in [0.05, 0.1) is 17.8 Å². The van der Waals surface area contributed by atoms with E-state index < -0.39 is 0 Å². The Hall–Kier alpha value is -1.53. The molecule has 16 heavy (non-hydrogen) atoms. The normalized spacial score (nSPS) is 24.8. The van der Waals surface area contributed by atoms with Crippen LogP contribution >= 0.6 is 0 Å². The molecule has 3 nitrogen and oxygen atoms in total. The minimum Gasteiger partial charge on any atom is -0.489 e. The number of aliphatic hydroxyl groups excluding tert-OH is 1. The largest absolute Gasteiger partial charge is 0.489 e. The average Bonchev–Trinajstić information content (AvgIpc) is 2.33. The van der Waals surface area contributed by atoms with Gasteiger partial charge in [0.15, 0.2) is 0 Å². The number of rotatable bonds is 2. The van der Waals surface area contributed by atoms with Crippen molar-refractivity contribution in [2.24, 2.45) is 0 Å². The predicted octanol–water partition coefficient (Wildman–Crippen LogP) is 2.24. The van der Waals surface area contributed by atoms with Gasteiger partial charge in [-0.1, -0.05) is 12.1 Å². The Bertz CT molecular complexity index is 389. The van der Waals surface area contributed by atoms with Crippen molar-refractivity contribution in [1.82, 2.24) is 0 Å². The van der Waals surface area contributed by atoms with Gasteiger partial charge < -0.3 is 9.84 Å². The molecule has 1 aliphatic rings. The summed E-state index contributed by atoms with van der Waals surface area (Å²) in [5.74, 6) is 0.659. The number of benzene rings is 1. The lowest BCUT2D eigenvalue weighted by Gasteiger charge is -2.26. The number of hydrogen-bond acceptors (Lipinski definition) is 3. The lowest BCUT2D eigenvalue weighted by atomic mass is 9.95. The number of ether oxygens (including phenoxy) is 1. The van der Waals surface area contributed by atoms with Crippen molar-refractivity contribution in [1.29, 1.82) is 5.26 Å². The van der Waals surface area contributed by atoms with Crippen LogP contribution in [0.2, 0.25) is 0 Å². The van der Waals surface area contributed by atoms with Crippen LogP contribution in [-0.4, -0.2) is 17.3 Å². The molecule has 0 radical (unpaired) electrons. The highest BCUT2D eigenvalue weighted by Crippen LogP contribution is 2.25. The second-order valence-corrected chi connectivity index (χ2v) is 4.16. The lowest BCUT2D eigenvalue weighted by Crippen LogP contribution is -2.26. The monoisotopic (exact) mass is 217 g/mol. The Morgan fingerprint density at radius 2 is 1.88 bits per heavy atom. The van der Waals surface area contributed by atoms with Crippen molar-refractivity contribution in [3.63, 3.8) is 0 Å². The van der Waals surface area contributed by atoms with Gasteiger partial charge in [0, 0.05) is 0 Å². The van der Waals surface area contributed by atoms with Crippen LogP contribution in [0.1, 0.15) is 31.2 Å². The zero-order chi connectivity index (χ0) is 11.4. The third-order valence-corrected chi connectivity index (χ3v) is 2.94. The molecule has 1 aromatic rings. The molecule has 0 spiro atoms. The Kier molecular flexibility index (Phi) is 3.43. The van der Waals surface area contributed by atoms with Crippen LogP contribution in [0, 0.1) is 11.3 Å². The highest BCUT2D eigenvalue weighted by molar-refractivity contribution is 5.42. The van der Waals surface area contributed by atoms with Crippen LogP contribution < -0.4 is 4.74 Å². The minimum atomic E-state index is -0.175. The molecule has 0 atom stereocenters. The average molecular weight is 217 g/mol. The summed E-state index contributed by atoms with van der Waals surface area (Å²) >= 11 is 0. The van der Waals surface area contributed by atoms with Crippen molar-refractivity contribution >= 4 is 0 Å². The highest BCUT2D eigenvalue weighted by Gasteiger charge is 2.21. The van der Waals surface area contributed by atoms with Crippen molar-refractivity contribution < 1.29 is 9.84 Å². The van der Waals surface area contributed by atoms with Crippen LogP contribution in [0.4, 0.5) is 0 Å². The van der Waals surface area contributed by atoms with E-state index in [0.717, 1.165) is 25.7 Å². The SMILES string of the molecule is N#Cc1ccccc1OC1CCC(O)CC1. The first-order valence-corrected chi connectivity index (χ1v) is 5.63. The molecule has 0 aromatic heterocycles. The number of para-hydroxylation sites is 1. The summed E-state index contributed by atoms with van der Waals surface area (Å²) < 4.78 is 5.79. The summed E-state index contributed by atoms with van der Waals surface area (Å²) in [6.45, 7) is 0. The van der Waals surface area contributed by atoms with Gasteiger partial charge in [-0.3, -0.25) is 0 Å². The molecule has 0 bridgehead atoms. The minimum absolute atomic E-state index is 0.137. The van der Waals surface area contributed by atoms with Crippen LogP contribution in [0.25, 0.3) is 0 Å². The molecular formula is C13H15NO2. The third-order valence-electron chi connectivity index (χ3n) is 2.94. The van der Waals surface area contributed by atoms with Crippen molar-refractivity contribution in [3.8, 4) is 11.8 Å². The highest BCUT2D eigenvalue weighted by atomic mass is 16.5. The van der Waals surface area contributed by atoms with E-state index in [1.54, 1.807) is 6.07 Å². The van der Waals surface area contributed by atoms with Gasteiger partial charge in [-0.15, -0.1) is 0 Å². The van der Waals surface area contributed by atoms with Gasteiger partial charge >= 0.3 is 0 Å². The second-order valence-electron chi connectivity index (χ2n) is 4.16. The summed E-state index contributed by atoms with van der Waals surface area (Å²) in [6.07, 6.45) is 3.27. The summed E-state index contributed by atoms with van der Waals surface area (Å²) in [5, 5.41) is 18.3. The first-order valence-electron chi connectivity index (χ1n) is 5.63. The molecule has 0 amide bonds. The topological polar surface area (TPSA) is 53.2 Å². The van der Waals surface area contributed by atoms with E-state index in [-0.39, 0.29) is 12.2 Å². The number of aliphatic hydroxyl groups is 1. The zero-order valence-corrected chi connectivity index (χ0v) is 9.10. The number of nitrogens with zero attached hydrogens (tertiary/aromatic N) is 1. The van der Waals surface area contributed by atoms with E-state index in [4.69, 9.17) is 10.00 Å². The molecule has 3 heteroatoms. The molecule has 2 rings (SSSR count). The quantitative estimate of drug-likeness (QED) is 0.826. The fraction of sp³-hybridized carbons (Fsp3) is 0.462. The number of nitriles is 1. The van der Waals surface area contributed by atoms with Gasteiger partial charge in [0.2, 0.25) is 0 Å². The maximum atomic E-state index is 9.39. The van der Waals surface area contributed by atoms with Crippen molar-refractivity contribution in [2.75, 3.05) is 0 Å². The van der Waals surface area contributed by atoms with Gasteiger partial charge in [0.25, 0.3) is 0 Å². The first kappa shape index (κ1) is 11.0. The fourth-order valence-electron chi connectivity index (χ4n) is 2.00. The van der Waals surface area contributed by atoms with E-state index in [2.05, 4.69) is 6.07 Å². The first-order chi connectivity index (χ1) is 7.79. The Labute approximate surface area is 95.3 Å². The van der Waals surface area contributed by atoms with E-state index in [0.29, 0.717) is 11.3 Å². The number of hydrogen-bond donors (Lipinski definition) is 1. The fourth-order valence-corrected chi connectivity index (χ4v) is 2.00. The molecule has 84 valence electrons. The van der Waals surface area contributed by atoms with Gasteiger partial charge in [-0.25, -0.2) is 0 Å². The molecule has 1 N–H and O–H groups in total. The molecule has 1 fully saturated rings. The molecule has 0 unspecified atom stereocenters. The molecule has 1 aliphatic carbocycles. The van der Waals surface area contributed by atoms with E-state index in [9.17, 15) is 5.11 Å². The maximum Gasteiger partial charge on any atom is 0.137 e. The molecule has 0 heterocycles. The van der Waals surface area contributed by atoms with E-state index in [1.807, 2.05) is 18.2 Å². The van der Waals surface area contributed by atoms with Gasteiger partial charge in [0.1, 0.15) is 11.8 Å². The summed E-state index contributed by atoms with van der Waals surface area (Å²) in [4.78, 5) is 0. The van der Waals surface area contributed by atoms with Crippen LogP contribution in [0.3, 0.4) is 0 Å². The standard InChI is InChI=1S/C13H15NO2/c14-9-10-3-1-2-4-13(10)16-12-7-5-11(15)6-8-12/h1-4,11-12,15H,5-8H2. The summed E-state index contributed by atoms with van der Waals surface area (Å²) in [7, 11) is 0.